The van der Waals surface area contributed by atoms with Gasteiger partial charge in [0.15, 0.2) is 11.5 Å². The molecule has 0 unspecified atom stereocenters. The Morgan fingerprint density at radius 2 is 2.21 bits per heavy atom. The van der Waals surface area contributed by atoms with E-state index < -0.39 is 0 Å². The van der Waals surface area contributed by atoms with Gasteiger partial charge in [0.25, 0.3) is 0 Å². The zero-order chi connectivity index (χ0) is 16.9. The number of aromatic nitrogens is 2. The van der Waals surface area contributed by atoms with Crippen LogP contribution < -0.4 is 14.8 Å². The number of nitrogens with zero attached hydrogens (tertiary/aromatic N) is 2. The molecule has 1 amide bonds. The SMILES string of the molecule is CCc1nnc(NC(=O)C=Cc2cc(Cl)c3c(c2)OCCCO3)s1. The first-order chi connectivity index (χ1) is 11.7. The van der Waals surface area contributed by atoms with Crippen molar-refractivity contribution in [2.24, 2.45) is 0 Å². The lowest BCUT2D eigenvalue weighted by atomic mass is 10.2. The molecule has 126 valence electrons. The Labute approximate surface area is 148 Å². The maximum atomic E-state index is 12.0. The first-order valence-electron chi connectivity index (χ1n) is 7.56. The highest BCUT2D eigenvalue weighted by Gasteiger charge is 2.15. The summed E-state index contributed by atoms with van der Waals surface area (Å²) in [4.78, 5) is 12.0. The molecular weight excluding hydrogens is 350 g/mol. The standard InChI is InChI=1S/C16H16ClN3O3S/c1-2-14-19-20-16(24-14)18-13(21)5-4-10-8-11(17)15-12(9-10)22-6-3-7-23-15/h4-5,8-9H,2-3,6-7H2,1H3,(H,18,20,21). The van der Waals surface area contributed by atoms with Crippen LogP contribution in [0.3, 0.4) is 0 Å². The van der Waals surface area contributed by atoms with Gasteiger partial charge < -0.3 is 9.47 Å². The Bertz CT molecular complexity index is 776. The molecule has 1 aliphatic rings. The number of halogens is 1. The topological polar surface area (TPSA) is 73.3 Å². The fourth-order valence-electron chi connectivity index (χ4n) is 2.11. The monoisotopic (exact) mass is 365 g/mol. The lowest BCUT2D eigenvalue weighted by Crippen LogP contribution is -2.07. The number of amides is 1. The quantitative estimate of drug-likeness (QED) is 0.838. The minimum Gasteiger partial charge on any atom is -0.489 e. The van der Waals surface area contributed by atoms with Crippen molar-refractivity contribution in [1.29, 1.82) is 0 Å². The molecule has 24 heavy (non-hydrogen) atoms. The summed E-state index contributed by atoms with van der Waals surface area (Å²) in [6, 6.07) is 3.54. The minimum atomic E-state index is -0.281. The van der Waals surface area contributed by atoms with E-state index in [1.165, 1.54) is 17.4 Å². The van der Waals surface area contributed by atoms with Gasteiger partial charge in [-0.25, -0.2) is 0 Å². The Morgan fingerprint density at radius 1 is 1.38 bits per heavy atom. The van der Waals surface area contributed by atoms with Crippen LogP contribution in [0.4, 0.5) is 5.13 Å². The molecule has 0 bridgehead atoms. The van der Waals surface area contributed by atoms with Crippen molar-refractivity contribution in [3.8, 4) is 11.5 Å². The van der Waals surface area contributed by atoms with Crippen LogP contribution in [0.1, 0.15) is 23.9 Å². The Morgan fingerprint density at radius 3 is 3.00 bits per heavy atom. The normalized spacial score (nSPS) is 13.8. The largest absolute Gasteiger partial charge is 0.489 e. The third kappa shape index (κ3) is 4.04. The number of nitrogens with one attached hydrogen (secondary N) is 1. The summed E-state index contributed by atoms with van der Waals surface area (Å²) in [6.45, 7) is 3.14. The summed E-state index contributed by atoms with van der Waals surface area (Å²) >= 11 is 7.59. The second-order valence-electron chi connectivity index (χ2n) is 5.06. The van der Waals surface area contributed by atoms with E-state index in [1.807, 2.05) is 6.92 Å². The summed E-state index contributed by atoms with van der Waals surface area (Å²) < 4.78 is 11.2. The molecule has 1 aromatic carbocycles. The first-order valence-corrected chi connectivity index (χ1v) is 8.75. The predicted molar refractivity (Wildman–Crippen MR) is 94.0 cm³/mol. The lowest BCUT2D eigenvalue weighted by Gasteiger charge is -2.09. The predicted octanol–water partition coefficient (Wildman–Crippen LogP) is 3.57. The second-order valence-corrected chi connectivity index (χ2v) is 6.53. The number of hydrogen-bond donors (Lipinski definition) is 1. The smallest absolute Gasteiger partial charge is 0.250 e. The van der Waals surface area contributed by atoms with Gasteiger partial charge in [0.05, 0.1) is 18.2 Å². The lowest BCUT2D eigenvalue weighted by molar-refractivity contribution is -0.111. The highest BCUT2D eigenvalue weighted by atomic mass is 35.5. The zero-order valence-electron chi connectivity index (χ0n) is 13.0. The summed E-state index contributed by atoms with van der Waals surface area (Å²) in [5, 5.41) is 12.4. The van der Waals surface area contributed by atoms with E-state index in [0.717, 1.165) is 23.4 Å². The van der Waals surface area contributed by atoms with Gasteiger partial charge in [-0.3, -0.25) is 10.1 Å². The molecule has 0 saturated carbocycles. The third-order valence-electron chi connectivity index (χ3n) is 3.25. The van der Waals surface area contributed by atoms with Crippen LogP contribution in [0.25, 0.3) is 6.08 Å². The van der Waals surface area contributed by atoms with E-state index in [4.69, 9.17) is 21.1 Å². The molecule has 3 rings (SSSR count). The number of carbonyl (C=O) groups is 1. The van der Waals surface area contributed by atoms with Crippen LogP contribution in [0, 0.1) is 0 Å². The van der Waals surface area contributed by atoms with Gasteiger partial charge in [-0.15, -0.1) is 10.2 Å². The Hall–Kier alpha value is -2.12. The zero-order valence-corrected chi connectivity index (χ0v) is 14.6. The summed E-state index contributed by atoms with van der Waals surface area (Å²) in [6.07, 6.45) is 4.68. The molecule has 1 N–H and O–H groups in total. The second kappa shape index (κ2) is 7.63. The molecule has 2 aromatic rings. The summed E-state index contributed by atoms with van der Waals surface area (Å²) in [7, 11) is 0. The van der Waals surface area contributed by atoms with Gasteiger partial charge >= 0.3 is 0 Å². The number of anilines is 1. The van der Waals surface area contributed by atoms with E-state index in [-0.39, 0.29) is 5.91 Å². The number of fused-ring (bicyclic) bond motifs is 1. The average molecular weight is 366 g/mol. The molecule has 0 atom stereocenters. The van der Waals surface area contributed by atoms with E-state index in [0.29, 0.717) is 34.9 Å². The summed E-state index contributed by atoms with van der Waals surface area (Å²) in [5.74, 6) is 0.866. The average Bonchev–Trinajstić information content (AvgIpc) is 2.88. The van der Waals surface area contributed by atoms with Crippen molar-refractivity contribution in [1.82, 2.24) is 10.2 Å². The van der Waals surface area contributed by atoms with Crippen molar-refractivity contribution in [3.63, 3.8) is 0 Å². The maximum absolute atomic E-state index is 12.0. The van der Waals surface area contributed by atoms with E-state index in [2.05, 4.69) is 15.5 Å². The van der Waals surface area contributed by atoms with Gasteiger partial charge in [-0.2, -0.15) is 0 Å². The highest BCUT2D eigenvalue weighted by molar-refractivity contribution is 7.15. The third-order valence-corrected chi connectivity index (χ3v) is 4.51. The van der Waals surface area contributed by atoms with E-state index in [1.54, 1.807) is 18.2 Å². The van der Waals surface area contributed by atoms with Gasteiger partial charge in [0, 0.05) is 12.5 Å². The van der Waals surface area contributed by atoms with Crippen molar-refractivity contribution in [3.05, 3.63) is 33.8 Å². The molecule has 8 heteroatoms. The molecule has 2 heterocycles. The molecule has 0 fully saturated rings. The van der Waals surface area contributed by atoms with Crippen LogP contribution in [0.15, 0.2) is 18.2 Å². The molecule has 0 radical (unpaired) electrons. The number of aryl methyl sites for hydroxylation is 1. The fourth-order valence-corrected chi connectivity index (χ4v) is 3.07. The summed E-state index contributed by atoms with van der Waals surface area (Å²) in [5.41, 5.74) is 0.755. The van der Waals surface area contributed by atoms with Crippen molar-refractivity contribution in [2.75, 3.05) is 18.5 Å². The number of hydrogen-bond acceptors (Lipinski definition) is 6. The Kier molecular flexibility index (Phi) is 5.32. The van der Waals surface area contributed by atoms with Crippen LogP contribution in [0.5, 0.6) is 11.5 Å². The van der Waals surface area contributed by atoms with Crippen LogP contribution in [-0.2, 0) is 11.2 Å². The van der Waals surface area contributed by atoms with Crippen LogP contribution in [-0.4, -0.2) is 29.3 Å². The van der Waals surface area contributed by atoms with Gasteiger partial charge in [0.1, 0.15) is 5.01 Å². The van der Waals surface area contributed by atoms with Gasteiger partial charge in [-0.1, -0.05) is 29.9 Å². The van der Waals surface area contributed by atoms with Crippen molar-refractivity contribution in [2.45, 2.75) is 19.8 Å². The Balaban J connectivity index is 1.70. The minimum absolute atomic E-state index is 0.281. The molecule has 1 aromatic heterocycles. The van der Waals surface area contributed by atoms with E-state index >= 15 is 0 Å². The van der Waals surface area contributed by atoms with Gasteiger partial charge in [0.2, 0.25) is 11.0 Å². The molecule has 6 nitrogen and oxygen atoms in total. The highest BCUT2D eigenvalue weighted by Crippen LogP contribution is 2.38. The van der Waals surface area contributed by atoms with E-state index in [9.17, 15) is 4.79 Å². The number of rotatable bonds is 4. The number of benzene rings is 1. The van der Waals surface area contributed by atoms with Gasteiger partial charge in [-0.05, 0) is 30.2 Å². The van der Waals surface area contributed by atoms with Crippen molar-refractivity contribution >= 4 is 40.1 Å². The maximum Gasteiger partial charge on any atom is 0.250 e. The molecule has 0 spiro atoms. The van der Waals surface area contributed by atoms with Crippen molar-refractivity contribution < 1.29 is 14.3 Å². The molecule has 0 aliphatic carbocycles. The first kappa shape index (κ1) is 16.7. The molecule has 0 saturated heterocycles. The van der Waals surface area contributed by atoms with Crippen LogP contribution in [0.2, 0.25) is 5.02 Å². The number of ether oxygens (including phenoxy) is 2. The number of carbonyl (C=O) groups excluding carboxylic acids is 1. The molecular formula is C16H16ClN3O3S. The van der Waals surface area contributed by atoms with Crippen LogP contribution >= 0.6 is 22.9 Å². The fraction of sp³-hybridized carbons (Fsp3) is 0.312. The molecule has 1 aliphatic heterocycles.